The van der Waals surface area contributed by atoms with Crippen molar-refractivity contribution in [2.45, 2.75) is 32.3 Å². The topological polar surface area (TPSA) is 29.5 Å². The Morgan fingerprint density at radius 2 is 2.17 bits per heavy atom. The molecule has 1 N–H and O–H groups in total. The highest BCUT2D eigenvalue weighted by atomic mass is 32.2. The highest BCUT2D eigenvalue weighted by molar-refractivity contribution is 7.99. The molecule has 0 saturated carbocycles. The number of hydrogen-bond donors (Lipinski definition) is 1. The van der Waals surface area contributed by atoms with E-state index in [0.29, 0.717) is 6.61 Å². The van der Waals surface area contributed by atoms with Gasteiger partial charge in [-0.1, -0.05) is 19.8 Å². The van der Waals surface area contributed by atoms with Crippen LogP contribution in [0.15, 0.2) is 0 Å². The van der Waals surface area contributed by atoms with Gasteiger partial charge < -0.3 is 9.84 Å². The van der Waals surface area contributed by atoms with E-state index < -0.39 is 0 Å². The van der Waals surface area contributed by atoms with Crippen molar-refractivity contribution in [2.24, 2.45) is 0 Å². The third kappa shape index (κ3) is 8.37. The van der Waals surface area contributed by atoms with Crippen LogP contribution in [0.25, 0.3) is 0 Å². The smallest absolute Gasteiger partial charge is 0.0863 e. The van der Waals surface area contributed by atoms with Crippen molar-refractivity contribution in [2.75, 3.05) is 25.2 Å². The predicted molar refractivity (Wildman–Crippen MR) is 54.7 cm³/mol. The van der Waals surface area contributed by atoms with Crippen molar-refractivity contribution in [3.63, 3.8) is 0 Å². The Bertz CT molecular complexity index is 88.6. The minimum Gasteiger partial charge on any atom is -0.390 e. The first-order valence-corrected chi connectivity index (χ1v) is 5.71. The summed E-state index contributed by atoms with van der Waals surface area (Å²) in [4.78, 5) is 0. The zero-order valence-corrected chi connectivity index (χ0v) is 8.90. The number of hydrogen-bond acceptors (Lipinski definition) is 3. The average molecular weight is 192 g/mol. The molecule has 0 aromatic rings. The molecule has 2 nitrogen and oxygen atoms in total. The van der Waals surface area contributed by atoms with Crippen LogP contribution in [-0.4, -0.2) is 36.4 Å². The lowest BCUT2D eigenvalue weighted by molar-refractivity contribution is 0.0794. The van der Waals surface area contributed by atoms with Gasteiger partial charge in [-0.2, -0.15) is 11.8 Å². The van der Waals surface area contributed by atoms with Crippen LogP contribution in [-0.2, 0) is 4.74 Å². The quantitative estimate of drug-likeness (QED) is 0.596. The van der Waals surface area contributed by atoms with Crippen molar-refractivity contribution >= 4 is 11.8 Å². The Kier molecular flexibility index (Phi) is 9.57. The molecule has 0 heterocycles. The van der Waals surface area contributed by atoms with Crippen molar-refractivity contribution in [1.82, 2.24) is 0 Å². The van der Waals surface area contributed by atoms with Gasteiger partial charge in [0, 0.05) is 12.9 Å². The first-order chi connectivity index (χ1) is 5.81. The molecule has 0 amide bonds. The zero-order chi connectivity index (χ0) is 9.23. The van der Waals surface area contributed by atoms with Gasteiger partial charge in [-0.15, -0.1) is 0 Å². The summed E-state index contributed by atoms with van der Waals surface area (Å²) in [6.07, 6.45) is 3.54. The second kappa shape index (κ2) is 9.36. The molecule has 0 aliphatic heterocycles. The maximum atomic E-state index is 9.26. The van der Waals surface area contributed by atoms with E-state index in [0.717, 1.165) is 11.5 Å². The Hall–Kier alpha value is 0.270. The van der Waals surface area contributed by atoms with Crippen LogP contribution in [0.5, 0.6) is 0 Å². The summed E-state index contributed by atoms with van der Waals surface area (Å²) in [5.74, 6) is 1.96. The number of rotatable bonds is 8. The van der Waals surface area contributed by atoms with Crippen molar-refractivity contribution in [3.8, 4) is 0 Å². The normalized spacial score (nSPS) is 13.2. The number of ether oxygens (including phenoxy) is 1. The Morgan fingerprint density at radius 1 is 1.42 bits per heavy atom. The molecule has 3 heteroatoms. The summed E-state index contributed by atoms with van der Waals surface area (Å²) >= 11 is 1.81. The third-order valence-corrected chi connectivity index (χ3v) is 2.76. The van der Waals surface area contributed by atoms with Gasteiger partial charge in [0.05, 0.1) is 12.7 Å². The largest absolute Gasteiger partial charge is 0.390 e. The van der Waals surface area contributed by atoms with E-state index in [-0.39, 0.29) is 6.10 Å². The van der Waals surface area contributed by atoms with E-state index in [1.807, 2.05) is 11.8 Å². The molecular formula is C9H20O2S. The van der Waals surface area contributed by atoms with E-state index in [4.69, 9.17) is 4.74 Å². The molecule has 74 valence electrons. The number of aliphatic hydroxyl groups is 1. The second-order valence-electron chi connectivity index (χ2n) is 2.89. The van der Waals surface area contributed by atoms with Gasteiger partial charge in [0.15, 0.2) is 0 Å². The fourth-order valence-electron chi connectivity index (χ4n) is 0.914. The number of methoxy groups -OCH3 is 1. The fourth-order valence-corrected chi connectivity index (χ4v) is 1.86. The lowest BCUT2D eigenvalue weighted by Crippen LogP contribution is -2.16. The molecule has 1 atom stereocenters. The van der Waals surface area contributed by atoms with Crippen LogP contribution in [0.1, 0.15) is 26.2 Å². The van der Waals surface area contributed by atoms with Gasteiger partial charge in [0.1, 0.15) is 0 Å². The molecule has 0 aliphatic rings. The first kappa shape index (κ1) is 12.3. The molecule has 0 aliphatic carbocycles. The van der Waals surface area contributed by atoms with Crippen LogP contribution >= 0.6 is 11.8 Å². The molecule has 0 saturated heterocycles. The van der Waals surface area contributed by atoms with Crippen LogP contribution in [0.2, 0.25) is 0 Å². The standard InChI is InChI=1S/C9H20O2S/c1-3-4-5-6-12-8-9(10)7-11-2/h9-10H,3-8H2,1-2H3. The molecule has 0 bridgehead atoms. The summed E-state index contributed by atoms with van der Waals surface area (Å²) in [7, 11) is 1.62. The maximum absolute atomic E-state index is 9.26. The maximum Gasteiger partial charge on any atom is 0.0863 e. The molecular weight excluding hydrogens is 172 g/mol. The van der Waals surface area contributed by atoms with Crippen LogP contribution in [0.4, 0.5) is 0 Å². The molecule has 0 aromatic heterocycles. The monoisotopic (exact) mass is 192 g/mol. The average Bonchev–Trinajstić information content (AvgIpc) is 2.05. The second-order valence-corrected chi connectivity index (χ2v) is 4.04. The van der Waals surface area contributed by atoms with E-state index in [1.165, 1.54) is 19.3 Å². The SMILES string of the molecule is CCCCCSCC(O)COC. The molecule has 1 unspecified atom stereocenters. The van der Waals surface area contributed by atoms with E-state index >= 15 is 0 Å². The minimum absolute atomic E-state index is 0.290. The molecule has 0 aromatic carbocycles. The van der Waals surface area contributed by atoms with Crippen LogP contribution < -0.4 is 0 Å². The van der Waals surface area contributed by atoms with E-state index in [9.17, 15) is 5.11 Å². The first-order valence-electron chi connectivity index (χ1n) is 4.56. The highest BCUT2D eigenvalue weighted by Crippen LogP contribution is 2.07. The van der Waals surface area contributed by atoms with Crippen molar-refractivity contribution < 1.29 is 9.84 Å². The zero-order valence-electron chi connectivity index (χ0n) is 8.08. The summed E-state index contributed by atoms with van der Waals surface area (Å²) in [6, 6.07) is 0. The van der Waals surface area contributed by atoms with Crippen LogP contribution in [0.3, 0.4) is 0 Å². The summed E-state index contributed by atoms with van der Waals surface area (Å²) in [5, 5.41) is 9.26. The number of aliphatic hydroxyl groups excluding tert-OH is 1. The highest BCUT2D eigenvalue weighted by Gasteiger charge is 2.01. The summed E-state index contributed by atoms with van der Waals surface area (Å²) < 4.78 is 4.82. The molecule has 0 rings (SSSR count). The van der Waals surface area contributed by atoms with Gasteiger partial charge in [0.2, 0.25) is 0 Å². The number of thioether (sulfide) groups is 1. The lowest BCUT2D eigenvalue weighted by Gasteiger charge is -2.07. The van der Waals surface area contributed by atoms with Gasteiger partial charge in [-0.05, 0) is 12.2 Å². The molecule has 0 spiro atoms. The Morgan fingerprint density at radius 3 is 2.75 bits per heavy atom. The third-order valence-electron chi connectivity index (χ3n) is 1.56. The van der Waals surface area contributed by atoms with E-state index in [2.05, 4.69) is 6.92 Å². The predicted octanol–water partition coefficient (Wildman–Crippen LogP) is 1.92. The van der Waals surface area contributed by atoms with Crippen LogP contribution in [0, 0.1) is 0 Å². The molecule has 12 heavy (non-hydrogen) atoms. The van der Waals surface area contributed by atoms with Gasteiger partial charge in [0.25, 0.3) is 0 Å². The van der Waals surface area contributed by atoms with Gasteiger partial charge in [-0.3, -0.25) is 0 Å². The molecule has 0 fully saturated rings. The Balaban J connectivity index is 2.97. The number of unbranched alkanes of at least 4 members (excludes halogenated alkanes) is 2. The molecule has 0 radical (unpaired) electrons. The van der Waals surface area contributed by atoms with Crippen molar-refractivity contribution in [3.05, 3.63) is 0 Å². The summed E-state index contributed by atoms with van der Waals surface area (Å²) in [5.41, 5.74) is 0. The Labute approximate surface area is 79.7 Å². The van der Waals surface area contributed by atoms with Crippen molar-refractivity contribution in [1.29, 1.82) is 0 Å². The van der Waals surface area contributed by atoms with E-state index in [1.54, 1.807) is 7.11 Å². The fraction of sp³-hybridized carbons (Fsp3) is 1.00. The van der Waals surface area contributed by atoms with Gasteiger partial charge in [-0.25, -0.2) is 0 Å². The minimum atomic E-state index is -0.290. The lowest BCUT2D eigenvalue weighted by atomic mass is 10.3. The summed E-state index contributed by atoms with van der Waals surface area (Å²) in [6.45, 7) is 2.66. The van der Waals surface area contributed by atoms with Gasteiger partial charge >= 0.3 is 0 Å².